The predicted molar refractivity (Wildman–Crippen MR) is 90.7 cm³/mol. The van der Waals surface area contributed by atoms with Gasteiger partial charge in [0, 0.05) is 24.3 Å². The van der Waals surface area contributed by atoms with Gasteiger partial charge < -0.3 is 4.90 Å². The minimum Gasteiger partial charge on any atom is -0.372 e. The first-order valence-corrected chi connectivity index (χ1v) is 7.99. The van der Waals surface area contributed by atoms with E-state index in [1.54, 1.807) is 12.1 Å². The van der Waals surface area contributed by atoms with Gasteiger partial charge in [-0.2, -0.15) is 0 Å². The van der Waals surface area contributed by atoms with Crippen LogP contribution in [0.5, 0.6) is 0 Å². The number of carbonyl (C=O) groups is 2. The van der Waals surface area contributed by atoms with Crippen LogP contribution in [0.15, 0.2) is 54.6 Å². The highest BCUT2D eigenvalue weighted by Gasteiger charge is 2.26. The Hall–Kier alpha value is -2.68. The number of hydrogen-bond acceptors (Lipinski definition) is 3. The van der Waals surface area contributed by atoms with Gasteiger partial charge in [0.1, 0.15) is 0 Å². The zero-order valence-corrected chi connectivity index (χ0v) is 12.8. The minimum atomic E-state index is -0.442. The lowest BCUT2D eigenvalue weighted by atomic mass is 9.86. The molecule has 4 rings (SSSR count). The van der Waals surface area contributed by atoms with E-state index < -0.39 is 11.6 Å². The molecule has 0 aromatic heterocycles. The molecule has 0 N–H and O–H groups in total. The SMILES string of the molecule is O=C1C=C(c2ccc(N3CCCC3)cc2)c2ccccc2C1=O. The van der Waals surface area contributed by atoms with Crippen molar-refractivity contribution in [1.29, 1.82) is 0 Å². The molecular weight excluding hydrogens is 286 g/mol. The van der Waals surface area contributed by atoms with Crippen molar-refractivity contribution in [2.45, 2.75) is 12.8 Å². The van der Waals surface area contributed by atoms with Crippen LogP contribution in [0.1, 0.15) is 34.3 Å². The average Bonchev–Trinajstić information content (AvgIpc) is 3.13. The van der Waals surface area contributed by atoms with E-state index in [0.717, 1.165) is 29.8 Å². The van der Waals surface area contributed by atoms with Crippen molar-refractivity contribution in [2.75, 3.05) is 18.0 Å². The molecule has 0 unspecified atom stereocenters. The quantitative estimate of drug-likeness (QED) is 0.797. The van der Waals surface area contributed by atoms with Crippen molar-refractivity contribution in [3.8, 4) is 0 Å². The number of carbonyl (C=O) groups excluding carboxylic acids is 2. The molecule has 1 aliphatic heterocycles. The topological polar surface area (TPSA) is 37.4 Å². The van der Waals surface area contributed by atoms with Crippen LogP contribution in [0.2, 0.25) is 0 Å². The van der Waals surface area contributed by atoms with E-state index in [1.165, 1.54) is 24.6 Å². The number of anilines is 1. The molecule has 0 radical (unpaired) electrons. The number of hydrogen-bond donors (Lipinski definition) is 0. The van der Waals surface area contributed by atoms with E-state index in [0.29, 0.717) is 5.56 Å². The number of fused-ring (bicyclic) bond motifs is 1. The predicted octanol–water partition coefficient (Wildman–Crippen LogP) is 3.48. The highest BCUT2D eigenvalue weighted by molar-refractivity contribution is 6.51. The maximum absolute atomic E-state index is 12.0. The molecule has 0 saturated carbocycles. The number of ketones is 2. The second kappa shape index (κ2) is 5.51. The third-order valence-corrected chi connectivity index (χ3v) is 4.61. The van der Waals surface area contributed by atoms with Crippen molar-refractivity contribution >= 4 is 22.8 Å². The van der Waals surface area contributed by atoms with E-state index in [4.69, 9.17) is 0 Å². The van der Waals surface area contributed by atoms with E-state index in [9.17, 15) is 9.59 Å². The molecule has 0 spiro atoms. The molecule has 1 saturated heterocycles. The summed E-state index contributed by atoms with van der Waals surface area (Å²) in [6, 6.07) is 15.6. The Bertz CT molecular complexity index is 812. The molecule has 3 nitrogen and oxygen atoms in total. The van der Waals surface area contributed by atoms with Gasteiger partial charge in [-0.05, 0) is 47.8 Å². The van der Waals surface area contributed by atoms with Gasteiger partial charge in [-0.25, -0.2) is 0 Å². The van der Waals surface area contributed by atoms with Gasteiger partial charge in [0.2, 0.25) is 11.6 Å². The molecule has 2 aromatic carbocycles. The maximum Gasteiger partial charge on any atom is 0.233 e. The summed E-state index contributed by atoms with van der Waals surface area (Å²) in [4.78, 5) is 26.4. The van der Waals surface area contributed by atoms with Crippen LogP contribution in [0.25, 0.3) is 5.57 Å². The molecule has 1 aliphatic carbocycles. The van der Waals surface area contributed by atoms with E-state index >= 15 is 0 Å². The van der Waals surface area contributed by atoms with Gasteiger partial charge in [-0.3, -0.25) is 9.59 Å². The molecule has 1 fully saturated rings. The number of benzene rings is 2. The summed E-state index contributed by atoms with van der Waals surface area (Å²) in [7, 11) is 0. The number of Topliss-reactive ketones (excluding diaryl/α,β-unsaturated/α-hetero) is 1. The monoisotopic (exact) mass is 303 g/mol. The van der Waals surface area contributed by atoms with Crippen molar-refractivity contribution in [3.63, 3.8) is 0 Å². The summed E-state index contributed by atoms with van der Waals surface area (Å²) in [6.07, 6.45) is 3.96. The summed E-state index contributed by atoms with van der Waals surface area (Å²) >= 11 is 0. The van der Waals surface area contributed by atoms with E-state index in [2.05, 4.69) is 17.0 Å². The normalized spacial score (nSPS) is 17.2. The van der Waals surface area contributed by atoms with Crippen molar-refractivity contribution < 1.29 is 9.59 Å². The fourth-order valence-corrected chi connectivity index (χ4v) is 3.39. The van der Waals surface area contributed by atoms with Crippen molar-refractivity contribution in [3.05, 3.63) is 71.3 Å². The first-order chi connectivity index (χ1) is 11.2. The second-order valence-electron chi connectivity index (χ2n) is 6.04. The van der Waals surface area contributed by atoms with E-state index in [1.807, 2.05) is 24.3 Å². The summed E-state index contributed by atoms with van der Waals surface area (Å²) in [5.41, 5.74) is 4.36. The van der Waals surface area contributed by atoms with Crippen LogP contribution >= 0.6 is 0 Å². The highest BCUT2D eigenvalue weighted by atomic mass is 16.2. The Kier molecular flexibility index (Phi) is 3.34. The van der Waals surface area contributed by atoms with Crippen LogP contribution in [-0.2, 0) is 4.79 Å². The molecule has 3 heteroatoms. The molecule has 0 atom stereocenters. The van der Waals surface area contributed by atoms with Crippen LogP contribution in [-0.4, -0.2) is 24.7 Å². The smallest absolute Gasteiger partial charge is 0.233 e. The maximum atomic E-state index is 12.0. The third kappa shape index (κ3) is 2.38. The fourth-order valence-electron chi connectivity index (χ4n) is 3.39. The number of nitrogens with zero attached hydrogens (tertiary/aromatic N) is 1. The van der Waals surface area contributed by atoms with Gasteiger partial charge in [-0.15, -0.1) is 0 Å². The van der Waals surface area contributed by atoms with Crippen molar-refractivity contribution in [1.82, 2.24) is 0 Å². The summed E-state index contributed by atoms with van der Waals surface area (Å²) in [6.45, 7) is 2.22. The average molecular weight is 303 g/mol. The largest absolute Gasteiger partial charge is 0.372 e. The lowest BCUT2D eigenvalue weighted by Crippen LogP contribution is -2.19. The lowest BCUT2D eigenvalue weighted by Gasteiger charge is -2.19. The Morgan fingerprint density at radius 1 is 0.783 bits per heavy atom. The molecule has 2 aliphatic rings. The molecular formula is C20H17NO2. The Labute approximate surface area is 135 Å². The zero-order valence-electron chi connectivity index (χ0n) is 12.8. The first kappa shape index (κ1) is 13.9. The minimum absolute atomic E-state index is 0.418. The standard InChI is InChI=1S/C20H17NO2/c22-19-13-18(16-5-1-2-6-17(16)20(19)23)14-7-9-15(10-8-14)21-11-3-4-12-21/h1-2,5-10,13H,3-4,11-12H2. The van der Waals surface area contributed by atoms with Crippen LogP contribution < -0.4 is 4.90 Å². The fraction of sp³-hybridized carbons (Fsp3) is 0.200. The number of rotatable bonds is 2. The van der Waals surface area contributed by atoms with Gasteiger partial charge in [0.25, 0.3) is 0 Å². The van der Waals surface area contributed by atoms with Crippen LogP contribution in [0.4, 0.5) is 5.69 Å². The third-order valence-electron chi connectivity index (χ3n) is 4.61. The zero-order chi connectivity index (χ0) is 15.8. The second-order valence-corrected chi connectivity index (χ2v) is 6.04. The molecule has 0 bridgehead atoms. The summed E-state index contributed by atoms with van der Waals surface area (Å²) in [5.74, 6) is -0.861. The Balaban J connectivity index is 1.73. The van der Waals surface area contributed by atoms with E-state index in [-0.39, 0.29) is 0 Å². The molecule has 2 aromatic rings. The molecule has 23 heavy (non-hydrogen) atoms. The highest BCUT2D eigenvalue weighted by Crippen LogP contribution is 2.32. The van der Waals surface area contributed by atoms with Gasteiger partial charge in [0.05, 0.1) is 0 Å². The van der Waals surface area contributed by atoms with Crippen LogP contribution in [0, 0.1) is 0 Å². The lowest BCUT2D eigenvalue weighted by molar-refractivity contribution is -0.111. The van der Waals surface area contributed by atoms with Gasteiger partial charge in [-0.1, -0.05) is 36.4 Å². The van der Waals surface area contributed by atoms with Crippen molar-refractivity contribution in [2.24, 2.45) is 0 Å². The van der Waals surface area contributed by atoms with Gasteiger partial charge in [0.15, 0.2) is 0 Å². The molecule has 114 valence electrons. The number of allylic oxidation sites excluding steroid dienone is 1. The Morgan fingerprint density at radius 3 is 2.13 bits per heavy atom. The molecule has 1 heterocycles. The summed E-state index contributed by atoms with van der Waals surface area (Å²) in [5, 5.41) is 0. The Morgan fingerprint density at radius 2 is 1.43 bits per heavy atom. The first-order valence-electron chi connectivity index (χ1n) is 7.99. The van der Waals surface area contributed by atoms with Crippen LogP contribution in [0.3, 0.4) is 0 Å². The molecule has 0 amide bonds. The summed E-state index contributed by atoms with van der Waals surface area (Å²) < 4.78 is 0. The van der Waals surface area contributed by atoms with Gasteiger partial charge >= 0.3 is 0 Å².